The Morgan fingerprint density at radius 2 is 1.90 bits per heavy atom. The zero-order chi connectivity index (χ0) is 21.5. The Morgan fingerprint density at radius 3 is 2.60 bits per heavy atom. The lowest BCUT2D eigenvalue weighted by Gasteiger charge is -2.32. The summed E-state index contributed by atoms with van der Waals surface area (Å²) in [7, 11) is 0. The number of benzene rings is 1. The summed E-state index contributed by atoms with van der Waals surface area (Å²) in [4.78, 5) is 17.8. The summed E-state index contributed by atoms with van der Waals surface area (Å²) in [5, 5.41) is 0. The molecule has 0 spiro atoms. The van der Waals surface area contributed by atoms with Gasteiger partial charge in [0.15, 0.2) is 0 Å². The fourth-order valence-electron chi connectivity index (χ4n) is 3.55. The number of imidazole rings is 1. The number of hydrogen-bond donors (Lipinski definition) is 2. The van der Waals surface area contributed by atoms with Crippen LogP contribution in [0.4, 0.5) is 29.2 Å². The van der Waals surface area contributed by atoms with E-state index in [0.717, 1.165) is 30.8 Å². The van der Waals surface area contributed by atoms with Crippen molar-refractivity contribution >= 4 is 27.6 Å². The van der Waals surface area contributed by atoms with Gasteiger partial charge in [0.25, 0.3) is 0 Å². The molecule has 3 N–H and O–H groups in total. The number of anilines is 2. The SMILES string of the molecule is Nc1ncnc(N2CCC(c3nc(-c4ccc(F)c(C(F)(F)F)c4)c[nH]3)CC2)c1Br. The Morgan fingerprint density at radius 1 is 1.17 bits per heavy atom. The number of nitrogens with two attached hydrogens (primary N) is 1. The van der Waals surface area contributed by atoms with E-state index in [-0.39, 0.29) is 11.5 Å². The van der Waals surface area contributed by atoms with Gasteiger partial charge in [-0.05, 0) is 47.0 Å². The van der Waals surface area contributed by atoms with E-state index in [1.54, 1.807) is 6.20 Å². The van der Waals surface area contributed by atoms with Gasteiger partial charge < -0.3 is 15.6 Å². The summed E-state index contributed by atoms with van der Waals surface area (Å²) in [5.41, 5.74) is 5.08. The largest absolute Gasteiger partial charge is 0.419 e. The number of alkyl halides is 3. The zero-order valence-corrected chi connectivity index (χ0v) is 17.1. The van der Waals surface area contributed by atoms with Crippen LogP contribution in [0.5, 0.6) is 0 Å². The molecule has 0 unspecified atom stereocenters. The van der Waals surface area contributed by atoms with E-state index in [0.29, 0.717) is 34.9 Å². The number of piperidine rings is 1. The standard InChI is InChI=1S/C19H17BrF4N6/c20-15-16(25)27-9-28-18(15)30-5-3-10(4-6-30)17-26-8-14(29-17)11-1-2-13(21)12(7-11)19(22,23)24/h1-2,7-10H,3-6H2,(H,26,29)(H2,25,27,28). The normalized spacial score (nSPS) is 15.6. The molecular weight excluding hydrogens is 468 g/mol. The quantitative estimate of drug-likeness (QED) is 0.524. The topological polar surface area (TPSA) is 83.7 Å². The maximum Gasteiger partial charge on any atom is 0.419 e. The summed E-state index contributed by atoms with van der Waals surface area (Å²) >= 11 is 3.41. The molecule has 158 valence electrons. The first-order valence-electron chi connectivity index (χ1n) is 9.17. The van der Waals surface area contributed by atoms with Crippen LogP contribution < -0.4 is 10.6 Å². The first kappa shape index (κ1) is 20.6. The maximum atomic E-state index is 13.5. The average Bonchev–Trinajstić information content (AvgIpc) is 3.20. The molecule has 0 saturated carbocycles. The van der Waals surface area contributed by atoms with Crippen LogP contribution in [0.1, 0.15) is 30.1 Å². The molecule has 2 aromatic heterocycles. The number of aromatic nitrogens is 4. The van der Waals surface area contributed by atoms with E-state index < -0.39 is 17.6 Å². The highest BCUT2D eigenvalue weighted by atomic mass is 79.9. The summed E-state index contributed by atoms with van der Waals surface area (Å²) in [6.07, 6.45) is -0.235. The Hall–Kier alpha value is -2.69. The molecule has 1 aromatic carbocycles. The summed E-state index contributed by atoms with van der Waals surface area (Å²) in [6, 6.07) is 2.90. The zero-order valence-electron chi connectivity index (χ0n) is 15.5. The van der Waals surface area contributed by atoms with Crippen molar-refractivity contribution in [3.05, 3.63) is 52.4 Å². The Bertz CT molecular complexity index is 1060. The molecule has 0 atom stereocenters. The lowest BCUT2D eigenvalue weighted by Crippen LogP contribution is -2.34. The van der Waals surface area contributed by atoms with E-state index in [1.165, 1.54) is 12.4 Å². The van der Waals surface area contributed by atoms with Gasteiger partial charge in [-0.3, -0.25) is 0 Å². The number of rotatable bonds is 3. The summed E-state index contributed by atoms with van der Waals surface area (Å²) < 4.78 is 53.1. The highest BCUT2D eigenvalue weighted by Crippen LogP contribution is 2.36. The first-order chi connectivity index (χ1) is 14.2. The third kappa shape index (κ3) is 3.98. The molecule has 3 aromatic rings. The number of nitrogen functional groups attached to an aromatic ring is 1. The number of nitrogens with one attached hydrogen (secondary N) is 1. The van der Waals surface area contributed by atoms with E-state index in [2.05, 4.69) is 40.8 Å². The lowest BCUT2D eigenvalue weighted by atomic mass is 9.96. The highest BCUT2D eigenvalue weighted by Gasteiger charge is 2.34. The number of aromatic amines is 1. The van der Waals surface area contributed by atoms with Gasteiger partial charge in [-0.1, -0.05) is 0 Å². The molecule has 6 nitrogen and oxygen atoms in total. The molecule has 1 aliphatic rings. The minimum absolute atomic E-state index is 0.121. The molecule has 1 fully saturated rings. The van der Waals surface area contributed by atoms with Crippen LogP contribution >= 0.6 is 15.9 Å². The molecule has 30 heavy (non-hydrogen) atoms. The van der Waals surface area contributed by atoms with Crippen molar-refractivity contribution in [1.82, 2.24) is 19.9 Å². The van der Waals surface area contributed by atoms with Crippen LogP contribution in [-0.4, -0.2) is 33.0 Å². The van der Waals surface area contributed by atoms with Gasteiger partial charge in [0, 0.05) is 30.8 Å². The average molecular weight is 485 g/mol. The second-order valence-electron chi connectivity index (χ2n) is 7.02. The fourth-order valence-corrected chi connectivity index (χ4v) is 4.01. The summed E-state index contributed by atoms with van der Waals surface area (Å²) in [6.45, 7) is 1.43. The molecule has 4 rings (SSSR count). The minimum atomic E-state index is -4.76. The van der Waals surface area contributed by atoms with E-state index in [1.807, 2.05) is 0 Å². The third-order valence-electron chi connectivity index (χ3n) is 5.14. The van der Waals surface area contributed by atoms with E-state index in [4.69, 9.17) is 5.73 Å². The molecule has 11 heteroatoms. The molecule has 0 radical (unpaired) electrons. The molecule has 0 amide bonds. The first-order valence-corrected chi connectivity index (χ1v) is 9.96. The van der Waals surface area contributed by atoms with Gasteiger partial charge in [0.2, 0.25) is 0 Å². The molecule has 3 heterocycles. The minimum Gasteiger partial charge on any atom is -0.383 e. The van der Waals surface area contributed by atoms with E-state index in [9.17, 15) is 17.6 Å². The van der Waals surface area contributed by atoms with Crippen molar-refractivity contribution in [3.8, 4) is 11.3 Å². The molecule has 1 aliphatic heterocycles. The van der Waals surface area contributed by atoms with Crippen LogP contribution in [0, 0.1) is 5.82 Å². The van der Waals surface area contributed by atoms with Crippen molar-refractivity contribution in [2.75, 3.05) is 23.7 Å². The molecule has 0 bridgehead atoms. The smallest absolute Gasteiger partial charge is 0.383 e. The van der Waals surface area contributed by atoms with Gasteiger partial charge in [-0.2, -0.15) is 13.2 Å². The highest BCUT2D eigenvalue weighted by molar-refractivity contribution is 9.10. The fraction of sp³-hybridized carbons (Fsp3) is 0.316. The predicted octanol–water partition coefficient (Wildman–Crippen LogP) is 4.75. The van der Waals surface area contributed by atoms with Gasteiger partial charge in [0.1, 0.15) is 34.1 Å². The van der Waals surface area contributed by atoms with Crippen molar-refractivity contribution < 1.29 is 17.6 Å². The number of H-pyrrole nitrogens is 1. The van der Waals surface area contributed by atoms with Crippen LogP contribution in [0.2, 0.25) is 0 Å². The van der Waals surface area contributed by atoms with Gasteiger partial charge in [-0.15, -0.1) is 0 Å². The predicted molar refractivity (Wildman–Crippen MR) is 107 cm³/mol. The van der Waals surface area contributed by atoms with Gasteiger partial charge >= 0.3 is 6.18 Å². The van der Waals surface area contributed by atoms with Gasteiger partial charge in [0.05, 0.1) is 11.3 Å². The van der Waals surface area contributed by atoms with Gasteiger partial charge in [-0.25, -0.2) is 19.3 Å². The Labute approximate surface area is 177 Å². The van der Waals surface area contributed by atoms with Crippen LogP contribution in [0.15, 0.2) is 35.2 Å². The van der Waals surface area contributed by atoms with E-state index >= 15 is 0 Å². The number of halogens is 5. The van der Waals surface area contributed by atoms with Crippen LogP contribution in [0.3, 0.4) is 0 Å². The van der Waals surface area contributed by atoms with Crippen LogP contribution in [0.25, 0.3) is 11.3 Å². The molecule has 1 saturated heterocycles. The van der Waals surface area contributed by atoms with Crippen molar-refractivity contribution in [2.24, 2.45) is 0 Å². The lowest BCUT2D eigenvalue weighted by molar-refractivity contribution is -0.139. The second-order valence-corrected chi connectivity index (χ2v) is 7.81. The Kier molecular flexibility index (Phi) is 5.39. The number of nitrogens with zero attached hydrogens (tertiary/aromatic N) is 4. The maximum absolute atomic E-state index is 13.5. The van der Waals surface area contributed by atoms with Crippen molar-refractivity contribution in [3.63, 3.8) is 0 Å². The molecule has 0 aliphatic carbocycles. The number of hydrogen-bond acceptors (Lipinski definition) is 5. The molecular formula is C19H17BrF4N6. The van der Waals surface area contributed by atoms with Crippen molar-refractivity contribution in [2.45, 2.75) is 24.9 Å². The third-order valence-corrected chi connectivity index (χ3v) is 5.91. The van der Waals surface area contributed by atoms with Crippen LogP contribution in [-0.2, 0) is 6.18 Å². The Balaban J connectivity index is 1.49. The summed E-state index contributed by atoms with van der Waals surface area (Å²) in [5.74, 6) is 0.618. The second kappa shape index (κ2) is 7.86. The monoisotopic (exact) mass is 484 g/mol. The van der Waals surface area contributed by atoms with Crippen molar-refractivity contribution in [1.29, 1.82) is 0 Å².